The molecule has 2 heteroatoms. The second kappa shape index (κ2) is 8.44. The highest BCUT2D eigenvalue weighted by atomic mass is 32.2. The minimum Gasteiger partial charge on any atom is -0.249 e. The Labute approximate surface area is 226 Å². The van der Waals surface area contributed by atoms with Gasteiger partial charge in [0.15, 0.2) is 0 Å². The third-order valence-electron chi connectivity index (χ3n) is 8.15. The van der Waals surface area contributed by atoms with E-state index in [9.17, 15) is 0 Å². The van der Waals surface area contributed by atoms with Gasteiger partial charge < -0.3 is 0 Å². The van der Waals surface area contributed by atoms with Crippen LogP contribution in [-0.4, -0.2) is 10.2 Å². The number of rotatable bonds is 2. The van der Waals surface area contributed by atoms with Crippen molar-refractivity contribution in [2.75, 3.05) is 0 Å². The SMILES string of the molecule is CC1C=CC=C2c3cc(-c4cccc(-c5ccc6c7ccccc7c7ccccc7c6c5)c4)cnc3SC21. The number of hydrogen-bond donors (Lipinski definition) is 0. The largest absolute Gasteiger partial charge is 0.249 e. The van der Waals surface area contributed by atoms with Crippen molar-refractivity contribution in [3.63, 3.8) is 0 Å². The first-order chi connectivity index (χ1) is 18.7. The lowest BCUT2D eigenvalue weighted by atomic mass is 9.90. The van der Waals surface area contributed by atoms with E-state index in [4.69, 9.17) is 4.98 Å². The van der Waals surface area contributed by atoms with Crippen LogP contribution in [0.1, 0.15) is 12.5 Å². The number of hydrogen-bond acceptors (Lipinski definition) is 2. The van der Waals surface area contributed by atoms with Gasteiger partial charge in [0.05, 0.1) is 0 Å². The molecule has 0 saturated heterocycles. The lowest BCUT2D eigenvalue weighted by molar-refractivity contribution is 0.769. The fourth-order valence-electron chi connectivity index (χ4n) is 6.22. The van der Waals surface area contributed by atoms with Crippen LogP contribution in [0.2, 0.25) is 0 Å². The molecule has 2 atom stereocenters. The Bertz CT molecular complexity index is 1940. The molecule has 1 aromatic heterocycles. The Balaban J connectivity index is 1.26. The van der Waals surface area contributed by atoms with Crippen LogP contribution in [0.25, 0.3) is 60.1 Å². The smallest absolute Gasteiger partial charge is 0.104 e. The average molecular weight is 504 g/mol. The van der Waals surface area contributed by atoms with Gasteiger partial charge in [-0.15, -0.1) is 0 Å². The van der Waals surface area contributed by atoms with Crippen molar-refractivity contribution in [1.82, 2.24) is 4.98 Å². The molecule has 1 aliphatic carbocycles. The van der Waals surface area contributed by atoms with Crippen molar-refractivity contribution in [2.45, 2.75) is 17.2 Å². The molecule has 2 unspecified atom stereocenters. The molecule has 0 amide bonds. The number of benzene rings is 5. The van der Waals surface area contributed by atoms with E-state index in [2.05, 4.69) is 122 Å². The van der Waals surface area contributed by atoms with E-state index < -0.39 is 0 Å². The summed E-state index contributed by atoms with van der Waals surface area (Å²) in [5.41, 5.74) is 7.55. The molecule has 0 fully saturated rings. The second-order valence-electron chi connectivity index (χ2n) is 10.4. The number of fused-ring (bicyclic) bond motifs is 9. The molecular formula is C36H25NS. The molecule has 180 valence electrons. The Kier molecular flexibility index (Phi) is 4.86. The summed E-state index contributed by atoms with van der Waals surface area (Å²) in [5, 5.41) is 9.48. The Hall–Kier alpha value is -4.14. The van der Waals surface area contributed by atoms with Gasteiger partial charge in [-0.05, 0) is 78.7 Å². The summed E-state index contributed by atoms with van der Waals surface area (Å²) in [5.74, 6) is 0.530. The van der Waals surface area contributed by atoms with Crippen LogP contribution < -0.4 is 0 Å². The summed E-state index contributed by atoms with van der Waals surface area (Å²) in [6, 6.07) is 35.7. The quantitative estimate of drug-likeness (QED) is 0.218. The van der Waals surface area contributed by atoms with Crippen molar-refractivity contribution in [2.24, 2.45) is 5.92 Å². The zero-order valence-electron chi connectivity index (χ0n) is 21.1. The molecule has 5 aromatic carbocycles. The summed E-state index contributed by atoms with van der Waals surface area (Å²) in [4.78, 5) is 4.89. The van der Waals surface area contributed by atoms with Crippen LogP contribution in [0, 0.1) is 5.92 Å². The van der Waals surface area contributed by atoms with Crippen molar-refractivity contribution in [3.8, 4) is 22.3 Å². The Morgan fingerprint density at radius 2 is 1.24 bits per heavy atom. The van der Waals surface area contributed by atoms with E-state index in [0.29, 0.717) is 11.2 Å². The maximum Gasteiger partial charge on any atom is 0.104 e. The van der Waals surface area contributed by atoms with Crippen LogP contribution in [-0.2, 0) is 0 Å². The fraction of sp³-hybridized carbons (Fsp3) is 0.0833. The second-order valence-corrected chi connectivity index (χ2v) is 11.5. The van der Waals surface area contributed by atoms with Gasteiger partial charge in [0, 0.05) is 22.6 Å². The Morgan fingerprint density at radius 3 is 1.97 bits per heavy atom. The summed E-state index contributed by atoms with van der Waals surface area (Å²) in [6.07, 6.45) is 8.81. The predicted molar refractivity (Wildman–Crippen MR) is 164 cm³/mol. The zero-order chi connectivity index (χ0) is 25.2. The highest BCUT2D eigenvalue weighted by Crippen LogP contribution is 2.49. The van der Waals surface area contributed by atoms with E-state index in [1.165, 1.54) is 65.7 Å². The molecular weight excluding hydrogens is 478 g/mol. The molecule has 1 aliphatic heterocycles. The molecule has 0 bridgehead atoms. The summed E-state index contributed by atoms with van der Waals surface area (Å²) < 4.78 is 0. The Morgan fingerprint density at radius 1 is 0.605 bits per heavy atom. The first-order valence-electron chi connectivity index (χ1n) is 13.2. The lowest BCUT2D eigenvalue weighted by Gasteiger charge is -2.19. The third kappa shape index (κ3) is 3.30. The van der Waals surface area contributed by atoms with Crippen LogP contribution in [0.3, 0.4) is 0 Å². The van der Waals surface area contributed by atoms with Crippen molar-refractivity contribution < 1.29 is 0 Å². The highest BCUT2D eigenvalue weighted by Gasteiger charge is 2.33. The monoisotopic (exact) mass is 503 g/mol. The lowest BCUT2D eigenvalue weighted by Crippen LogP contribution is -2.12. The molecule has 38 heavy (non-hydrogen) atoms. The predicted octanol–water partition coefficient (Wildman–Crippen LogP) is 9.94. The van der Waals surface area contributed by atoms with Gasteiger partial charge in [-0.1, -0.05) is 116 Å². The van der Waals surface area contributed by atoms with Gasteiger partial charge in [-0.2, -0.15) is 0 Å². The highest BCUT2D eigenvalue weighted by molar-refractivity contribution is 8.00. The summed E-state index contributed by atoms with van der Waals surface area (Å²) >= 11 is 1.90. The van der Waals surface area contributed by atoms with Crippen molar-refractivity contribution in [3.05, 3.63) is 127 Å². The number of pyridine rings is 1. The van der Waals surface area contributed by atoms with Gasteiger partial charge in [-0.25, -0.2) is 4.98 Å². The van der Waals surface area contributed by atoms with Crippen LogP contribution >= 0.6 is 11.8 Å². The maximum atomic E-state index is 4.89. The standard InChI is InChI=1S/C36H25NS/c1-22-8-6-15-32-34-20-26(21-37-36(34)38-35(22)32)24-10-7-9-23(18-24)25-16-17-31-29-13-3-2-11-27(29)28-12-4-5-14-30(28)33(31)19-25/h2-22,35H,1H3. The van der Waals surface area contributed by atoms with Gasteiger partial charge in [0.2, 0.25) is 0 Å². The number of thioether (sulfide) groups is 1. The number of nitrogens with zero attached hydrogens (tertiary/aromatic N) is 1. The number of aromatic nitrogens is 1. The molecule has 6 aromatic rings. The van der Waals surface area contributed by atoms with E-state index in [0.717, 1.165) is 5.03 Å². The zero-order valence-corrected chi connectivity index (χ0v) is 21.9. The molecule has 0 saturated carbocycles. The van der Waals surface area contributed by atoms with E-state index >= 15 is 0 Å². The minimum absolute atomic E-state index is 0.479. The van der Waals surface area contributed by atoms with Crippen LogP contribution in [0.4, 0.5) is 0 Å². The summed E-state index contributed by atoms with van der Waals surface area (Å²) in [6.45, 7) is 2.30. The molecule has 2 aliphatic rings. The maximum absolute atomic E-state index is 4.89. The van der Waals surface area contributed by atoms with E-state index in [1.54, 1.807) is 0 Å². The first-order valence-corrected chi connectivity index (χ1v) is 14.1. The molecule has 0 spiro atoms. The average Bonchev–Trinajstić information content (AvgIpc) is 3.36. The molecule has 0 N–H and O–H groups in total. The minimum atomic E-state index is 0.479. The van der Waals surface area contributed by atoms with Gasteiger partial charge in [-0.3, -0.25) is 0 Å². The molecule has 0 radical (unpaired) electrons. The third-order valence-corrected chi connectivity index (χ3v) is 9.63. The van der Waals surface area contributed by atoms with Crippen LogP contribution in [0.15, 0.2) is 127 Å². The van der Waals surface area contributed by atoms with Gasteiger partial charge >= 0.3 is 0 Å². The van der Waals surface area contributed by atoms with Crippen molar-refractivity contribution in [1.29, 1.82) is 0 Å². The number of allylic oxidation sites excluding steroid dienone is 3. The summed E-state index contributed by atoms with van der Waals surface area (Å²) in [7, 11) is 0. The van der Waals surface area contributed by atoms with Crippen LogP contribution in [0.5, 0.6) is 0 Å². The molecule has 2 heterocycles. The van der Waals surface area contributed by atoms with E-state index in [1.807, 2.05) is 18.0 Å². The molecule has 1 nitrogen and oxygen atoms in total. The topological polar surface area (TPSA) is 12.9 Å². The first kappa shape index (κ1) is 21.9. The normalized spacial score (nSPS) is 18.1. The fourth-order valence-corrected chi connectivity index (χ4v) is 7.52. The molecule has 8 rings (SSSR count). The van der Waals surface area contributed by atoms with Gasteiger partial charge in [0.25, 0.3) is 0 Å². The van der Waals surface area contributed by atoms with Gasteiger partial charge in [0.1, 0.15) is 5.03 Å². The van der Waals surface area contributed by atoms with E-state index in [-0.39, 0.29) is 0 Å². The van der Waals surface area contributed by atoms with Crippen molar-refractivity contribution >= 4 is 49.7 Å².